The summed E-state index contributed by atoms with van der Waals surface area (Å²) in [6, 6.07) is 0.540. The molecular formula is C7H13NO. The Labute approximate surface area is 55.6 Å². The van der Waals surface area contributed by atoms with E-state index in [2.05, 4.69) is 11.9 Å². The fourth-order valence-electron chi connectivity index (χ4n) is 1.00. The summed E-state index contributed by atoms with van der Waals surface area (Å²) >= 11 is 0. The number of rotatable bonds is 3. The Kier molecular flexibility index (Phi) is 2.25. The summed E-state index contributed by atoms with van der Waals surface area (Å²) < 4.78 is 0. The third kappa shape index (κ3) is 1.80. The van der Waals surface area contributed by atoms with Crippen molar-refractivity contribution in [1.82, 2.24) is 5.32 Å². The highest BCUT2D eigenvalue weighted by molar-refractivity contribution is 4.86. The van der Waals surface area contributed by atoms with Crippen LogP contribution in [-0.4, -0.2) is 23.8 Å². The summed E-state index contributed by atoms with van der Waals surface area (Å²) in [6.07, 6.45) is 3.61. The lowest BCUT2D eigenvalue weighted by Gasteiger charge is -2.31. The van der Waals surface area contributed by atoms with Gasteiger partial charge in [-0.3, -0.25) is 0 Å². The maximum Gasteiger partial charge on any atom is 0.0570 e. The van der Waals surface area contributed by atoms with Crippen LogP contribution in [0.1, 0.15) is 12.8 Å². The third-order valence-corrected chi connectivity index (χ3v) is 1.66. The fourth-order valence-corrected chi connectivity index (χ4v) is 1.00. The van der Waals surface area contributed by atoms with Gasteiger partial charge in [0.2, 0.25) is 0 Å². The second-order valence-electron chi connectivity index (χ2n) is 2.52. The fraction of sp³-hybridized carbons (Fsp3) is 0.714. The molecule has 0 amide bonds. The lowest BCUT2D eigenvalue weighted by Crippen LogP contribution is -2.44. The van der Waals surface area contributed by atoms with Gasteiger partial charge in [0.15, 0.2) is 0 Å². The van der Waals surface area contributed by atoms with E-state index in [0.29, 0.717) is 6.04 Å². The molecule has 1 aliphatic carbocycles. The third-order valence-electron chi connectivity index (χ3n) is 1.66. The van der Waals surface area contributed by atoms with Gasteiger partial charge < -0.3 is 10.4 Å². The van der Waals surface area contributed by atoms with E-state index in [1.165, 1.54) is 0 Å². The van der Waals surface area contributed by atoms with Gasteiger partial charge in [-0.15, -0.1) is 6.58 Å². The first kappa shape index (κ1) is 6.78. The smallest absolute Gasteiger partial charge is 0.0570 e. The Balaban J connectivity index is 1.97. The van der Waals surface area contributed by atoms with Crippen LogP contribution < -0.4 is 5.32 Å². The second kappa shape index (κ2) is 2.99. The number of aliphatic hydroxyl groups excluding tert-OH is 1. The van der Waals surface area contributed by atoms with Gasteiger partial charge in [-0.2, -0.15) is 0 Å². The molecule has 0 heterocycles. The van der Waals surface area contributed by atoms with E-state index in [1.807, 2.05) is 6.08 Å². The van der Waals surface area contributed by atoms with Crippen LogP contribution in [-0.2, 0) is 0 Å². The van der Waals surface area contributed by atoms with E-state index < -0.39 is 0 Å². The first-order chi connectivity index (χ1) is 4.33. The maximum absolute atomic E-state index is 8.85. The van der Waals surface area contributed by atoms with Gasteiger partial charge in [-0.05, 0) is 12.8 Å². The molecule has 1 aliphatic rings. The summed E-state index contributed by atoms with van der Waals surface area (Å²) in [5.41, 5.74) is 0. The molecule has 2 N–H and O–H groups in total. The molecular weight excluding hydrogens is 114 g/mol. The Hall–Kier alpha value is -0.340. The number of nitrogens with one attached hydrogen (secondary N) is 1. The van der Waals surface area contributed by atoms with Gasteiger partial charge in [0, 0.05) is 12.6 Å². The Morgan fingerprint density at radius 1 is 1.67 bits per heavy atom. The molecule has 0 atom stereocenters. The summed E-state index contributed by atoms with van der Waals surface area (Å²) in [5.74, 6) is 0. The SMILES string of the molecule is C=CCNC1CC(O)C1. The average molecular weight is 127 g/mol. The van der Waals surface area contributed by atoms with Crippen molar-refractivity contribution in [1.29, 1.82) is 0 Å². The normalized spacial score (nSPS) is 33.4. The quantitative estimate of drug-likeness (QED) is 0.534. The molecule has 2 nitrogen and oxygen atoms in total. The summed E-state index contributed by atoms with van der Waals surface area (Å²) in [7, 11) is 0. The van der Waals surface area contributed by atoms with Crippen molar-refractivity contribution in [3.05, 3.63) is 12.7 Å². The van der Waals surface area contributed by atoms with Crippen molar-refractivity contribution in [2.45, 2.75) is 25.0 Å². The zero-order chi connectivity index (χ0) is 6.69. The monoisotopic (exact) mass is 127 g/mol. The molecule has 9 heavy (non-hydrogen) atoms. The van der Waals surface area contributed by atoms with E-state index in [-0.39, 0.29) is 6.10 Å². The van der Waals surface area contributed by atoms with Crippen molar-refractivity contribution in [2.75, 3.05) is 6.54 Å². The topological polar surface area (TPSA) is 32.3 Å². The van der Waals surface area contributed by atoms with Crippen molar-refractivity contribution >= 4 is 0 Å². The molecule has 0 aromatic rings. The predicted octanol–water partition coefficient (Wildman–Crippen LogP) is 0.285. The largest absolute Gasteiger partial charge is 0.393 e. The molecule has 0 aromatic carbocycles. The average Bonchev–Trinajstić information content (AvgIpc) is 1.78. The van der Waals surface area contributed by atoms with Gasteiger partial charge in [0.1, 0.15) is 0 Å². The molecule has 2 heteroatoms. The van der Waals surface area contributed by atoms with Crippen LogP contribution in [0.4, 0.5) is 0 Å². The van der Waals surface area contributed by atoms with Crippen LogP contribution in [0.3, 0.4) is 0 Å². The molecule has 1 rings (SSSR count). The summed E-state index contributed by atoms with van der Waals surface area (Å²) in [4.78, 5) is 0. The minimum Gasteiger partial charge on any atom is -0.393 e. The van der Waals surface area contributed by atoms with Gasteiger partial charge in [0.25, 0.3) is 0 Å². The van der Waals surface area contributed by atoms with Crippen molar-refractivity contribution in [3.63, 3.8) is 0 Å². The van der Waals surface area contributed by atoms with E-state index in [9.17, 15) is 0 Å². The van der Waals surface area contributed by atoms with E-state index in [4.69, 9.17) is 5.11 Å². The molecule has 0 unspecified atom stereocenters. The minimum absolute atomic E-state index is 0.0488. The molecule has 0 saturated heterocycles. The van der Waals surface area contributed by atoms with Gasteiger partial charge in [-0.1, -0.05) is 6.08 Å². The molecule has 0 aromatic heterocycles. The zero-order valence-electron chi connectivity index (χ0n) is 5.51. The van der Waals surface area contributed by atoms with Crippen molar-refractivity contribution in [3.8, 4) is 0 Å². The van der Waals surface area contributed by atoms with Crippen LogP contribution in [0.5, 0.6) is 0 Å². The second-order valence-corrected chi connectivity index (χ2v) is 2.52. The standard InChI is InChI=1S/C7H13NO/c1-2-3-8-6-4-7(9)5-6/h2,6-9H,1,3-5H2. The minimum atomic E-state index is -0.0488. The van der Waals surface area contributed by atoms with E-state index in [1.54, 1.807) is 0 Å². The molecule has 0 aliphatic heterocycles. The molecule has 1 fully saturated rings. The Bertz CT molecular complexity index is 97.1. The van der Waals surface area contributed by atoms with Crippen molar-refractivity contribution in [2.24, 2.45) is 0 Å². The highest BCUT2D eigenvalue weighted by Crippen LogP contribution is 2.18. The highest BCUT2D eigenvalue weighted by atomic mass is 16.3. The first-order valence-corrected chi connectivity index (χ1v) is 3.35. The van der Waals surface area contributed by atoms with E-state index >= 15 is 0 Å². The van der Waals surface area contributed by atoms with Crippen molar-refractivity contribution < 1.29 is 5.11 Å². The first-order valence-electron chi connectivity index (χ1n) is 3.35. The molecule has 1 saturated carbocycles. The van der Waals surface area contributed by atoms with Gasteiger partial charge >= 0.3 is 0 Å². The zero-order valence-corrected chi connectivity index (χ0v) is 5.51. The van der Waals surface area contributed by atoms with Crippen LogP contribution in [0.25, 0.3) is 0 Å². The molecule has 52 valence electrons. The van der Waals surface area contributed by atoms with Crippen LogP contribution in [0, 0.1) is 0 Å². The number of hydrogen-bond acceptors (Lipinski definition) is 2. The summed E-state index contributed by atoms with van der Waals surface area (Å²) in [5, 5.41) is 12.1. The number of aliphatic hydroxyl groups is 1. The van der Waals surface area contributed by atoms with Crippen LogP contribution in [0.2, 0.25) is 0 Å². The predicted molar refractivity (Wildman–Crippen MR) is 37.2 cm³/mol. The van der Waals surface area contributed by atoms with E-state index in [0.717, 1.165) is 19.4 Å². The summed E-state index contributed by atoms with van der Waals surface area (Å²) in [6.45, 7) is 4.44. The van der Waals surface area contributed by atoms with Gasteiger partial charge in [-0.25, -0.2) is 0 Å². The molecule has 0 spiro atoms. The number of hydrogen-bond donors (Lipinski definition) is 2. The molecule has 0 radical (unpaired) electrons. The maximum atomic E-state index is 8.85. The molecule has 0 bridgehead atoms. The Morgan fingerprint density at radius 3 is 2.78 bits per heavy atom. The highest BCUT2D eigenvalue weighted by Gasteiger charge is 2.25. The lowest BCUT2D eigenvalue weighted by atomic mass is 9.90. The van der Waals surface area contributed by atoms with Gasteiger partial charge in [0.05, 0.1) is 6.10 Å². The van der Waals surface area contributed by atoms with Crippen LogP contribution >= 0.6 is 0 Å². The van der Waals surface area contributed by atoms with Crippen LogP contribution in [0.15, 0.2) is 12.7 Å². The Morgan fingerprint density at radius 2 is 2.33 bits per heavy atom. The lowest BCUT2D eigenvalue weighted by molar-refractivity contribution is 0.0641.